The van der Waals surface area contributed by atoms with Gasteiger partial charge in [0, 0.05) is 6.92 Å². The van der Waals surface area contributed by atoms with Crippen molar-refractivity contribution < 1.29 is 8.78 Å². The normalized spacial score (nSPS) is 16.1. The SMILES string of the molecule is CC[C@H](N)C(C)(F)F. The van der Waals surface area contributed by atoms with Gasteiger partial charge in [0.1, 0.15) is 0 Å². The highest BCUT2D eigenvalue weighted by molar-refractivity contribution is 4.72. The van der Waals surface area contributed by atoms with E-state index in [0.717, 1.165) is 6.92 Å². The van der Waals surface area contributed by atoms with Gasteiger partial charge in [-0.05, 0) is 6.42 Å². The summed E-state index contributed by atoms with van der Waals surface area (Å²) < 4.78 is 24.0. The molecular formula is C5H11F2N. The van der Waals surface area contributed by atoms with E-state index in [4.69, 9.17) is 5.73 Å². The van der Waals surface area contributed by atoms with E-state index >= 15 is 0 Å². The molecule has 0 heterocycles. The smallest absolute Gasteiger partial charge is 0.260 e. The molecule has 0 aromatic heterocycles. The van der Waals surface area contributed by atoms with Crippen LogP contribution in [0.4, 0.5) is 8.78 Å². The van der Waals surface area contributed by atoms with Gasteiger partial charge in [-0.15, -0.1) is 0 Å². The summed E-state index contributed by atoms with van der Waals surface area (Å²) in [6, 6.07) is -0.984. The molecule has 2 N–H and O–H groups in total. The maximum Gasteiger partial charge on any atom is 0.260 e. The highest BCUT2D eigenvalue weighted by Gasteiger charge is 2.28. The van der Waals surface area contributed by atoms with E-state index in [1.807, 2.05) is 0 Å². The number of alkyl halides is 2. The Kier molecular flexibility index (Phi) is 2.34. The van der Waals surface area contributed by atoms with E-state index in [1.54, 1.807) is 6.92 Å². The molecule has 0 aliphatic carbocycles. The fourth-order valence-electron chi connectivity index (χ4n) is 0.358. The Hall–Kier alpha value is -0.180. The average molecular weight is 123 g/mol. The van der Waals surface area contributed by atoms with Crippen molar-refractivity contribution in [2.75, 3.05) is 0 Å². The topological polar surface area (TPSA) is 26.0 Å². The second kappa shape index (κ2) is 2.40. The van der Waals surface area contributed by atoms with Gasteiger partial charge >= 0.3 is 0 Å². The van der Waals surface area contributed by atoms with E-state index in [0.29, 0.717) is 6.42 Å². The number of hydrogen-bond acceptors (Lipinski definition) is 1. The minimum Gasteiger partial charge on any atom is -0.323 e. The maximum absolute atomic E-state index is 12.0. The maximum atomic E-state index is 12.0. The lowest BCUT2D eigenvalue weighted by Gasteiger charge is -2.16. The number of hydrogen-bond donors (Lipinski definition) is 1. The van der Waals surface area contributed by atoms with Gasteiger partial charge in [-0.3, -0.25) is 0 Å². The summed E-state index contributed by atoms with van der Waals surface area (Å²) in [7, 11) is 0. The Morgan fingerprint density at radius 1 is 1.62 bits per heavy atom. The Labute approximate surface area is 47.9 Å². The molecule has 8 heavy (non-hydrogen) atoms. The van der Waals surface area contributed by atoms with E-state index in [-0.39, 0.29) is 0 Å². The van der Waals surface area contributed by atoms with Crippen LogP contribution in [0.15, 0.2) is 0 Å². The monoisotopic (exact) mass is 123 g/mol. The third-order valence-corrected chi connectivity index (χ3v) is 1.09. The molecule has 0 unspecified atom stereocenters. The van der Waals surface area contributed by atoms with Crippen molar-refractivity contribution in [1.82, 2.24) is 0 Å². The summed E-state index contributed by atoms with van der Waals surface area (Å²) in [4.78, 5) is 0. The first-order valence-corrected chi connectivity index (χ1v) is 2.62. The number of rotatable bonds is 2. The lowest BCUT2D eigenvalue weighted by Crippen LogP contribution is -2.37. The second-order valence-corrected chi connectivity index (χ2v) is 1.97. The van der Waals surface area contributed by atoms with Crippen LogP contribution in [0.25, 0.3) is 0 Å². The molecule has 50 valence electrons. The fourth-order valence-corrected chi connectivity index (χ4v) is 0.358. The first-order valence-electron chi connectivity index (χ1n) is 2.62. The van der Waals surface area contributed by atoms with Crippen molar-refractivity contribution >= 4 is 0 Å². The molecule has 3 heteroatoms. The lowest BCUT2D eigenvalue weighted by molar-refractivity contribution is -0.00631. The van der Waals surface area contributed by atoms with Crippen LogP contribution < -0.4 is 5.73 Å². The summed E-state index contributed by atoms with van der Waals surface area (Å²) in [5.74, 6) is -2.71. The molecule has 0 spiro atoms. The summed E-state index contributed by atoms with van der Waals surface area (Å²) in [5, 5.41) is 0. The van der Waals surface area contributed by atoms with Crippen LogP contribution in [0.5, 0.6) is 0 Å². The van der Waals surface area contributed by atoms with E-state index in [2.05, 4.69) is 0 Å². The highest BCUT2D eigenvalue weighted by Crippen LogP contribution is 2.16. The van der Waals surface area contributed by atoms with Gasteiger partial charge in [-0.1, -0.05) is 6.92 Å². The van der Waals surface area contributed by atoms with Crippen LogP contribution in [0.1, 0.15) is 20.3 Å². The minimum atomic E-state index is -2.71. The van der Waals surface area contributed by atoms with Crippen molar-refractivity contribution in [3.63, 3.8) is 0 Å². The Morgan fingerprint density at radius 3 is 2.00 bits per heavy atom. The Morgan fingerprint density at radius 2 is 2.00 bits per heavy atom. The molecule has 0 bridgehead atoms. The molecule has 0 radical (unpaired) electrons. The fraction of sp³-hybridized carbons (Fsp3) is 1.00. The molecule has 1 atom stereocenters. The van der Waals surface area contributed by atoms with Gasteiger partial charge in [0.15, 0.2) is 0 Å². The minimum absolute atomic E-state index is 0.323. The summed E-state index contributed by atoms with van der Waals surface area (Å²) in [6.07, 6.45) is 0.323. The molecule has 1 nitrogen and oxygen atoms in total. The third-order valence-electron chi connectivity index (χ3n) is 1.09. The molecule has 0 aromatic carbocycles. The van der Waals surface area contributed by atoms with Crippen molar-refractivity contribution in [1.29, 1.82) is 0 Å². The lowest BCUT2D eigenvalue weighted by atomic mass is 10.1. The van der Waals surface area contributed by atoms with Gasteiger partial charge in [0.05, 0.1) is 6.04 Å². The van der Waals surface area contributed by atoms with Crippen LogP contribution in [0.2, 0.25) is 0 Å². The van der Waals surface area contributed by atoms with Crippen molar-refractivity contribution in [2.24, 2.45) is 5.73 Å². The molecule has 0 saturated heterocycles. The first-order chi connectivity index (χ1) is 3.48. The molecule has 0 aliphatic rings. The quantitative estimate of drug-likeness (QED) is 0.589. The summed E-state index contributed by atoms with van der Waals surface area (Å²) in [6.45, 7) is 2.48. The van der Waals surface area contributed by atoms with Crippen molar-refractivity contribution in [2.45, 2.75) is 32.2 Å². The molecule has 0 rings (SSSR count). The Bertz CT molecular complexity index is 67.3. The summed E-state index contributed by atoms with van der Waals surface area (Å²) in [5.41, 5.74) is 5.00. The molecular weight excluding hydrogens is 112 g/mol. The van der Waals surface area contributed by atoms with E-state index in [1.165, 1.54) is 0 Å². The molecule has 0 saturated carbocycles. The van der Waals surface area contributed by atoms with E-state index < -0.39 is 12.0 Å². The van der Waals surface area contributed by atoms with Gasteiger partial charge in [0.2, 0.25) is 0 Å². The van der Waals surface area contributed by atoms with Crippen molar-refractivity contribution in [3.05, 3.63) is 0 Å². The number of halogens is 2. The van der Waals surface area contributed by atoms with Crippen LogP contribution in [-0.2, 0) is 0 Å². The van der Waals surface area contributed by atoms with Gasteiger partial charge in [0.25, 0.3) is 5.92 Å². The molecule has 0 aliphatic heterocycles. The van der Waals surface area contributed by atoms with Crippen LogP contribution >= 0.6 is 0 Å². The third kappa shape index (κ3) is 2.21. The Balaban J connectivity index is 3.62. The predicted molar refractivity (Wildman–Crippen MR) is 28.9 cm³/mol. The largest absolute Gasteiger partial charge is 0.323 e. The average Bonchev–Trinajstić information content (AvgIpc) is 1.62. The zero-order chi connectivity index (χ0) is 6.78. The van der Waals surface area contributed by atoms with Crippen LogP contribution in [0, 0.1) is 0 Å². The highest BCUT2D eigenvalue weighted by atomic mass is 19.3. The van der Waals surface area contributed by atoms with E-state index in [9.17, 15) is 8.78 Å². The van der Waals surface area contributed by atoms with Crippen LogP contribution in [0.3, 0.4) is 0 Å². The molecule has 0 amide bonds. The van der Waals surface area contributed by atoms with Crippen molar-refractivity contribution in [3.8, 4) is 0 Å². The zero-order valence-corrected chi connectivity index (χ0v) is 5.12. The summed E-state index contributed by atoms with van der Waals surface area (Å²) >= 11 is 0. The molecule has 0 aromatic rings. The second-order valence-electron chi connectivity index (χ2n) is 1.97. The zero-order valence-electron chi connectivity index (χ0n) is 5.12. The molecule has 0 fully saturated rings. The first kappa shape index (κ1) is 7.82. The predicted octanol–water partition coefficient (Wildman–Crippen LogP) is 1.38. The van der Waals surface area contributed by atoms with Gasteiger partial charge < -0.3 is 5.73 Å². The number of nitrogens with two attached hydrogens (primary N) is 1. The van der Waals surface area contributed by atoms with Crippen LogP contribution in [-0.4, -0.2) is 12.0 Å². The van der Waals surface area contributed by atoms with Gasteiger partial charge in [-0.2, -0.15) is 0 Å². The van der Waals surface area contributed by atoms with Gasteiger partial charge in [-0.25, -0.2) is 8.78 Å². The standard InChI is InChI=1S/C5H11F2N/c1-3-4(8)5(2,6)7/h4H,3,8H2,1-2H3/t4-/m0/s1.